The van der Waals surface area contributed by atoms with Crippen LogP contribution >= 0.6 is 0 Å². The molecule has 1 saturated heterocycles. The lowest BCUT2D eigenvalue weighted by atomic mass is 9.90. The highest BCUT2D eigenvalue weighted by Crippen LogP contribution is 2.40. The summed E-state index contributed by atoms with van der Waals surface area (Å²) in [5.74, 6) is 0. The van der Waals surface area contributed by atoms with Crippen molar-refractivity contribution >= 4 is 0 Å². The lowest BCUT2D eigenvalue weighted by molar-refractivity contribution is -0.109. The van der Waals surface area contributed by atoms with Gasteiger partial charge in [-0.3, -0.25) is 14.3 Å². The van der Waals surface area contributed by atoms with Crippen molar-refractivity contribution in [3.63, 3.8) is 0 Å². The molecule has 1 aliphatic rings. The molecule has 0 aromatic carbocycles. The zero-order valence-electron chi connectivity index (χ0n) is 10.5. The van der Waals surface area contributed by atoms with E-state index in [2.05, 4.69) is 0 Å². The minimum absolute atomic E-state index is 0.661. The minimum atomic E-state index is -2.24. The number of nitrogens with one attached hydrogen (secondary N) is 1. The van der Waals surface area contributed by atoms with E-state index < -0.39 is 41.4 Å². The Balaban J connectivity index is 2.65. The van der Waals surface area contributed by atoms with E-state index in [9.17, 15) is 25.1 Å². The van der Waals surface area contributed by atoms with Crippen molar-refractivity contribution in [2.24, 2.45) is 0 Å². The van der Waals surface area contributed by atoms with E-state index in [-0.39, 0.29) is 0 Å². The predicted molar refractivity (Wildman–Crippen MR) is 63.5 cm³/mol. The lowest BCUT2D eigenvalue weighted by Gasteiger charge is -2.28. The molecule has 1 aromatic heterocycles. The number of aliphatic hydroxyl groups excluding tert-OH is 2. The predicted octanol–water partition coefficient (Wildman–Crippen LogP) is -2.78. The number of aliphatic hydroxyl groups is 3. The van der Waals surface area contributed by atoms with E-state index in [1.807, 2.05) is 4.98 Å². The Bertz CT molecular complexity index is 672. The van der Waals surface area contributed by atoms with Crippen LogP contribution in [-0.2, 0) is 10.5 Å². The maximum atomic E-state index is 11.8. The van der Waals surface area contributed by atoms with Crippen molar-refractivity contribution in [1.29, 1.82) is 5.26 Å². The first kappa shape index (κ1) is 14.4. The summed E-state index contributed by atoms with van der Waals surface area (Å²) in [7, 11) is 0. The first-order chi connectivity index (χ1) is 9.29. The van der Waals surface area contributed by atoms with E-state index in [4.69, 9.17) is 9.84 Å². The SMILES string of the molecule is C[C@@]1(O)[C@@H](O)[C@](C#N)(n2ccc(=O)[nH]c2=O)O[C@@H]1CO. The highest BCUT2D eigenvalue weighted by Gasteiger charge is 2.63. The monoisotopic (exact) mass is 283 g/mol. The van der Waals surface area contributed by atoms with Crippen molar-refractivity contribution < 1.29 is 20.1 Å². The Labute approximate surface area is 112 Å². The summed E-state index contributed by atoms with van der Waals surface area (Å²) in [6.07, 6.45) is -2.10. The first-order valence-corrected chi connectivity index (χ1v) is 5.72. The smallest absolute Gasteiger partial charge is 0.331 e. The van der Waals surface area contributed by atoms with Gasteiger partial charge in [0.25, 0.3) is 11.3 Å². The quantitative estimate of drug-likeness (QED) is 0.458. The molecule has 0 spiro atoms. The van der Waals surface area contributed by atoms with E-state index in [1.54, 1.807) is 6.07 Å². The van der Waals surface area contributed by atoms with Crippen LogP contribution in [0.1, 0.15) is 6.92 Å². The third-order valence-corrected chi connectivity index (χ3v) is 3.41. The second-order valence-electron chi connectivity index (χ2n) is 4.71. The van der Waals surface area contributed by atoms with E-state index in [0.29, 0.717) is 4.57 Å². The van der Waals surface area contributed by atoms with Crippen LogP contribution in [0.15, 0.2) is 21.9 Å². The Morgan fingerprint density at radius 3 is 2.70 bits per heavy atom. The molecule has 108 valence electrons. The second-order valence-corrected chi connectivity index (χ2v) is 4.71. The molecule has 0 amide bonds. The molecule has 20 heavy (non-hydrogen) atoms. The molecule has 1 aromatic rings. The van der Waals surface area contributed by atoms with Gasteiger partial charge in [-0.15, -0.1) is 0 Å². The van der Waals surface area contributed by atoms with Gasteiger partial charge in [-0.1, -0.05) is 0 Å². The maximum absolute atomic E-state index is 11.8. The van der Waals surface area contributed by atoms with Crippen LogP contribution in [0.2, 0.25) is 0 Å². The number of rotatable bonds is 2. The van der Waals surface area contributed by atoms with Crippen LogP contribution in [0, 0.1) is 11.3 Å². The zero-order chi connectivity index (χ0) is 15.1. The molecular formula is C11H13N3O6. The fourth-order valence-electron chi connectivity index (χ4n) is 2.20. The number of H-pyrrole nitrogens is 1. The minimum Gasteiger partial charge on any atom is -0.394 e. The van der Waals surface area contributed by atoms with Gasteiger partial charge in [-0.2, -0.15) is 5.26 Å². The Morgan fingerprint density at radius 2 is 2.25 bits per heavy atom. The van der Waals surface area contributed by atoms with Crippen LogP contribution < -0.4 is 11.2 Å². The van der Waals surface area contributed by atoms with Gasteiger partial charge in [0.15, 0.2) is 0 Å². The maximum Gasteiger partial charge on any atom is 0.331 e. The molecule has 1 fully saturated rings. The van der Waals surface area contributed by atoms with E-state index in [1.165, 1.54) is 6.92 Å². The van der Waals surface area contributed by atoms with Gasteiger partial charge in [0.2, 0.25) is 0 Å². The summed E-state index contributed by atoms with van der Waals surface area (Å²) < 4.78 is 5.88. The normalized spacial score (nSPS) is 36.8. The van der Waals surface area contributed by atoms with Crippen LogP contribution in [0.4, 0.5) is 0 Å². The number of ether oxygens (including phenoxy) is 1. The molecule has 0 radical (unpaired) electrons. The van der Waals surface area contributed by atoms with Crippen molar-refractivity contribution in [3.05, 3.63) is 33.1 Å². The van der Waals surface area contributed by atoms with E-state index in [0.717, 1.165) is 12.3 Å². The van der Waals surface area contributed by atoms with Crippen molar-refractivity contribution in [2.75, 3.05) is 6.61 Å². The van der Waals surface area contributed by atoms with Crippen LogP contribution in [0.3, 0.4) is 0 Å². The standard InChI is InChI=1S/C11H13N3O6/c1-10(19)6(4-15)20-11(5-12,8(10)17)14-3-2-7(16)13-9(14)18/h2-3,6,8,15,17,19H,4H2,1H3,(H,13,16,18)/t6-,8-,10+,11-/m1/s1. The topological polar surface area (TPSA) is 149 Å². The molecule has 4 atom stereocenters. The number of nitrogens with zero attached hydrogens (tertiary/aromatic N) is 2. The number of aromatic nitrogens is 2. The number of hydrogen-bond donors (Lipinski definition) is 4. The summed E-state index contributed by atoms with van der Waals surface area (Å²) in [6, 6.07) is 2.59. The fourth-order valence-corrected chi connectivity index (χ4v) is 2.20. The summed E-state index contributed by atoms with van der Waals surface area (Å²) >= 11 is 0. The summed E-state index contributed by atoms with van der Waals surface area (Å²) in [6.45, 7) is 0.514. The average Bonchev–Trinajstić information content (AvgIpc) is 2.59. The lowest BCUT2D eigenvalue weighted by Crippen LogP contribution is -2.54. The van der Waals surface area contributed by atoms with Crippen molar-refractivity contribution in [1.82, 2.24) is 9.55 Å². The highest BCUT2D eigenvalue weighted by atomic mass is 16.6. The first-order valence-electron chi connectivity index (χ1n) is 5.72. The van der Waals surface area contributed by atoms with Gasteiger partial charge >= 0.3 is 5.69 Å². The molecule has 0 aliphatic carbocycles. The van der Waals surface area contributed by atoms with Crippen molar-refractivity contribution in [2.45, 2.75) is 30.5 Å². The third-order valence-electron chi connectivity index (χ3n) is 3.41. The Hall–Kier alpha value is -1.99. The number of hydrogen-bond acceptors (Lipinski definition) is 7. The van der Waals surface area contributed by atoms with Gasteiger partial charge in [-0.05, 0) is 6.92 Å². The average molecular weight is 283 g/mol. The molecule has 2 rings (SSSR count). The van der Waals surface area contributed by atoms with Crippen LogP contribution in [0.25, 0.3) is 0 Å². The summed E-state index contributed by atoms with van der Waals surface area (Å²) in [5, 5.41) is 38.7. The number of aromatic amines is 1. The molecule has 1 aliphatic heterocycles. The Kier molecular flexibility index (Phi) is 3.27. The van der Waals surface area contributed by atoms with Gasteiger partial charge < -0.3 is 20.1 Å². The molecule has 9 heteroatoms. The zero-order valence-corrected chi connectivity index (χ0v) is 10.5. The molecule has 9 nitrogen and oxygen atoms in total. The van der Waals surface area contributed by atoms with Gasteiger partial charge in [-0.25, -0.2) is 4.79 Å². The van der Waals surface area contributed by atoms with E-state index >= 15 is 0 Å². The van der Waals surface area contributed by atoms with Crippen LogP contribution in [-0.4, -0.2) is 49.3 Å². The molecule has 4 N–H and O–H groups in total. The molecule has 0 unspecified atom stereocenters. The Morgan fingerprint density at radius 1 is 1.60 bits per heavy atom. The van der Waals surface area contributed by atoms with Crippen LogP contribution in [0.5, 0.6) is 0 Å². The molecular weight excluding hydrogens is 270 g/mol. The third kappa shape index (κ3) is 1.78. The number of nitriles is 1. The van der Waals surface area contributed by atoms with Gasteiger partial charge in [0.1, 0.15) is 23.9 Å². The summed E-state index contributed by atoms with van der Waals surface area (Å²) in [5.41, 5.74) is -5.84. The fraction of sp³-hybridized carbons (Fsp3) is 0.545. The second kappa shape index (κ2) is 4.53. The largest absolute Gasteiger partial charge is 0.394 e. The van der Waals surface area contributed by atoms with Gasteiger partial charge in [0.05, 0.1) is 6.61 Å². The highest BCUT2D eigenvalue weighted by molar-refractivity contribution is 5.16. The molecule has 0 saturated carbocycles. The summed E-state index contributed by atoms with van der Waals surface area (Å²) in [4.78, 5) is 24.7. The molecule has 2 heterocycles. The van der Waals surface area contributed by atoms with Gasteiger partial charge in [0, 0.05) is 12.3 Å². The molecule has 0 bridgehead atoms. The van der Waals surface area contributed by atoms with Crippen molar-refractivity contribution in [3.8, 4) is 6.07 Å².